The molecule has 2 nitrogen and oxygen atoms in total. The van der Waals surface area contributed by atoms with E-state index in [4.69, 9.17) is 4.42 Å². The summed E-state index contributed by atoms with van der Waals surface area (Å²) < 4.78 is 6.68. The van der Waals surface area contributed by atoms with Crippen molar-refractivity contribution in [1.29, 1.82) is 0 Å². The lowest BCUT2D eigenvalue weighted by Crippen LogP contribution is -2.22. The fraction of sp³-hybridized carbons (Fsp3) is 0.0794. The predicted octanol–water partition coefficient (Wildman–Crippen LogP) is 17.2. The minimum absolute atomic E-state index is 0.145. The SMILES string of the molecule is CC1(C)c2ccccc2-c2cccc(-c3cccc(N(c4cccc(-c5cccc6oc7c8ccccc8ccc7c56)c4)c4ccc5c(c4)C(C)(c4ccccc4)c4ccccc4-5)c3)c21. The summed E-state index contributed by atoms with van der Waals surface area (Å²) >= 11 is 0. The maximum atomic E-state index is 6.68. The van der Waals surface area contributed by atoms with Gasteiger partial charge in [0.25, 0.3) is 0 Å². The summed E-state index contributed by atoms with van der Waals surface area (Å²) in [5.41, 5.74) is 21.3. The molecule has 0 saturated carbocycles. The van der Waals surface area contributed by atoms with Crippen LogP contribution in [0.4, 0.5) is 17.1 Å². The van der Waals surface area contributed by atoms with Crippen LogP contribution in [0.2, 0.25) is 0 Å². The highest BCUT2D eigenvalue weighted by Gasteiger charge is 2.41. The van der Waals surface area contributed by atoms with Gasteiger partial charge in [0.05, 0.1) is 0 Å². The highest BCUT2D eigenvalue weighted by atomic mass is 16.3. The molecule has 0 bridgehead atoms. The number of nitrogens with zero attached hydrogens (tertiary/aromatic N) is 1. The van der Waals surface area contributed by atoms with Crippen LogP contribution in [0.25, 0.3) is 77.2 Å². The van der Waals surface area contributed by atoms with E-state index in [0.717, 1.165) is 55.5 Å². The summed E-state index contributed by atoms with van der Waals surface area (Å²) in [4.78, 5) is 2.46. The van der Waals surface area contributed by atoms with Crippen LogP contribution in [0, 0.1) is 0 Å². The van der Waals surface area contributed by atoms with Crippen molar-refractivity contribution < 1.29 is 4.42 Å². The van der Waals surface area contributed by atoms with E-state index >= 15 is 0 Å². The monoisotopic (exact) mass is 831 g/mol. The van der Waals surface area contributed by atoms with Gasteiger partial charge >= 0.3 is 0 Å². The molecule has 0 saturated heterocycles. The molecule has 1 unspecified atom stereocenters. The van der Waals surface area contributed by atoms with Gasteiger partial charge in [0.15, 0.2) is 0 Å². The van der Waals surface area contributed by atoms with Crippen molar-refractivity contribution in [2.75, 3.05) is 4.90 Å². The molecule has 308 valence electrons. The molecule has 0 spiro atoms. The van der Waals surface area contributed by atoms with Crippen LogP contribution in [0.5, 0.6) is 0 Å². The number of hydrogen-bond acceptors (Lipinski definition) is 2. The van der Waals surface area contributed by atoms with Gasteiger partial charge in [-0.3, -0.25) is 0 Å². The Morgan fingerprint density at radius 2 is 0.969 bits per heavy atom. The molecule has 1 heterocycles. The van der Waals surface area contributed by atoms with Crippen molar-refractivity contribution in [3.63, 3.8) is 0 Å². The Morgan fingerprint density at radius 3 is 1.77 bits per heavy atom. The largest absolute Gasteiger partial charge is 0.455 e. The lowest BCUT2D eigenvalue weighted by Gasteiger charge is -2.31. The van der Waals surface area contributed by atoms with Crippen LogP contribution in [-0.2, 0) is 10.8 Å². The van der Waals surface area contributed by atoms with E-state index in [2.05, 4.69) is 244 Å². The van der Waals surface area contributed by atoms with Crippen molar-refractivity contribution >= 4 is 49.8 Å². The molecule has 2 aliphatic carbocycles. The standard InChI is InChI=1S/C63H45NO/c1-62(2)55-30-11-9-26-51(55)53-29-15-28-48(60(53)62)42-19-14-23-45(38-42)64(46-34-36-52-50-25-10-12-31-56(50)63(3,57(52)39-46)43-20-5-4-6-21-43)44-22-13-18-41(37-44)47-27-16-32-58-59(47)54-35-33-40-17-7-8-24-49(40)61(54)65-58/h4-39H,1-3H3. The fourth-order valence-electron chi connectivity index (χ4n) is 11.7. The maximum Gasteiger partial charge on any atom is 0.143 e. The first kappa shape index (κ1) is 37.6. The normalized spacial score (nSPS) is 15.5. The van der Waals surface area contributed by atoms with Crippen molar-refractivity contribution in [3.8, 4) is 44.5 Å². The Morgan fingerprint density at radius 1 is 0.385 bits per heavy atom. The third kappa shape index (κ3) is 5.47. The summed E-state index contributed by atoms with van der Waals surface area (Å²) in [7, 11) is 0. The smallest absolute Gasteiger partial charge is 0.143 e. The van der Waals surface area contributed by atoms with Crippen LogP contribution < -0.4 is 4.90 Å². The summed E-state index contributed by atoms with van der Waals surface area (Å²) in [6.45, 7) is 7.15. The molecule has 0 aliphatic heterocycles. The lowest BCUT2D eigenvalue weighted by molar-refractivity contribution is 0.662. The van der Waals surface area contributed by atoms with Crippen molar-refractivity contribution in [2.45, 2.75) is 31.6 Å². The van der Waals surface area contributed by atoms with Crippen molar-refractivity contribution in [2.24, 2.45) is 0 Å². The minimum Gasteiger partial charge on any atom is -0.455 e. The lowest BCUT2D eigenvalue weighted by atomic mass is 9.74. The van der Waals surface area contributed by atoms with Crippen LogP contribution in [0.3, 0.4) is 0 Å². The second-order valence-electron chi connectivity index (χ2n) is 18.5. The molecule has 11 aromatic rings. The number of rotatable bonds is 6. The summed E-state index contributed by atoms with van der Waals surface area (Å²) in [6.07, 6.45) is 0. The van der Waals surface area contributed by atoms with Gasteiger partial charge in [-0.25, -0.2) is 0 Å². The number of hydrogen-bond donors (Lipinski definition) is 0. The van der Waals surface area contributed by atoms with Gasteiger partial charge in [0.2, 0.25) is 0 Å². The molecule has 65 heavy (non-hydrogen) atoms. The molecule has 10 aromatic carbocycles. The van der Waals surface area contributed by atoms with Gasteiger partial charge in [0, 0.05) is 44.1 Å². The number of anilines is 3. The average molecular weight is 832 g/mol. The van der Waals surface area contributed by atoms with Crippen LogP contribution in [0.15, 0.2) is 223 Å². The molecule has 0 N–H and O–H groups in total. The zero-order chi connectivity index (χ0) is 43.4. The average Bonchev–Trinajstić information content (AvgIpc) is 3.96. The van der Waals surface area contributed by atoms with Crippen LogP contribution >= 0.6 is 0 Å². The first-order chi connectivity index (χ1) is 31.9. The van der Waals surface area contributed by atoms with E-state index in [9.17, 15) is 0 Å². The highest BCUT2D eigenvalue weighted by Crippen LogP contribution is 2.55. The van der Waals surface area contributed by atoms with E-state index in [-0.39, 0.29) is 10.8 Å². The summed E-state index contributed by atoms with van der Waals surface area (Å²) in [5.74, 6) is 0. The van der Waals surface area contributed by atoms with E-state index in [1.165, 1.54) is 66.6 Å². The molecule has 2 heteroatoms. The number of benzene rings is 10. The Bertz CT molecular complexity index is 3720. The molecule has 0 radical (unpaired) electrons. The summed E-state index contributed by atoms with van der Waals surface area (Å²) in [5, 5.41) is 4.57. The number of fused-ring (bicyclic) bond motifs is 11. The van der Waals surface area contributed by atoms with Crippen LogP contribution in [0.1, 0.15) is 48.6 Å². The third-order valence-corrected chi connectivity index (χ3v) is 14.7. The van der Waals surface area contributed by atoms with Gasteiger partial charge in [0.1, 0.15) is 11.2 Å². The maximum absolute atomic E-state index is 6.68. The van der Waals surface area contributed by atoms with Gasteiger partial charge in [-0.05, 0) is 133 Å². The molecular weight excluding hydrogens is 787 g/mol. The van der Waals surface area contributed by atoms with Crippen molar-refractivity contribution in [3.05, 3.63) is 246 Å². The molecule has 13 rings (SSSR count). The van der Waals surface area contributed by atoms with Crippen molar-refractivity contribution in [1.82, 2.24) is 0 Å². The first-order valence-corrected chi connectivity index (χ1v) is 22.8. The van der Waals surface area contributed by atoms with E-state index in [1.54, 1.807) is 0 Å². The molecular formula is C63H45NO. The van der Waals surface area contributed by atoms with E-state index in [1.807, 2.05) is 0 Å². The quantitative estimate of drug-likeness (QED) is 0.166. The van der Waals surface area contributed by atoms with E-state index < -0.39 is 0 Å². The zero-order valence-corrected chi connectivity index (χ0v) is 36.6. The first-order valence-electron chi connectivity index (χ1n) is 22.8. The van der Waals surface area contributed by atoms with Gasteiger partial charge in [-0.15, -0.1) is 0 Å². The Balaban J connectivity index is 1.02. The molecule has 2 aliphatic rings. The highest BCUT2D eigenvalue weighted by molar-refractivity contribution is 6.19. The Hall–Kier alpha value is -7.94. The molecule has 1 aromatic heterocycles. The Labute approximate surface area is 379 Å². The fourth-order valence-corrected chi connectivity index (χ4v) is 11.7. The topological polar surface area (TPSA) is 16.4 Å². The van der Waals surface area contributed by atoms with Gasteiger partial charge in [-0.2, -0.15) is 0 Å². The molecule has 0 fully saturated rings. The minimum atomic E-state index is -0.341. The van der Waals surface area contributed by atoms with Crippen LogP contribution in [-0.4, -0.2) is 0 Å². The zero-order valence-electron chi connectivity index (χ0n) is 36.6. The van der Waals surface area contributed by atoms with Gasteiger partial charge in [-0.1, -0.05) is 184 Å². The third-order valence-electron chi connectivity index (χ3n) is 14.7. The predicted molar refractivity (Wildman–Crippen MR) is 272 cm³/mol. The summed E-state index contributed by atoms with van der Waals surface area (Å²) in [6, 6.07) is 80.5. The van der Waals surface area contributed by atoms with Gasteiger partial charge < -0.3 is 9.32 Å². The Kier molecular flexibility index (Phi) is 8.12. The molecule has 1 atom stereocenters. The second-order valence-corrected chi connectivity index (χ2v) is 18.5. The van der Waals surface area contributed by atoms with E-state index in [0.29, 0.717) is 0 Å². The second kappa shape index (κ2) is 14.0. The number of furan rings is 1. The molecule has 0 amide bonds.